The van der Waals surface area contributed by atoms with Crippen LogP contribution in [0, 0.1) is 11.3 Å². The van der Waals surface area contributed by atoms with Crippen molar-refractivity contribution in [2.45, 2.75) is 58.5 Å². The van der Waals surface area contributed by atoms with Crippen LogP contribution in [0.5, 0.6) is 5.75 Å². The number of carbonyl (C=O) groups is 1. The first-order valence-corrected chi connectivity index (χ1v) is 13.2. The number of nitrogens with zero attached hydrogens (tertiary/aromatic N) is 2. The number of piperazine rings is 1. The maximum Gasteiger partial charge on any atom is 0.573 e. The topological polar surface area (TPSA) is 44.8 Å². The Bertz CT molecular complexity index is 1030. The minimum absolute atomic E-state index is 0.0173. The van der Waals surface area contributed by atoms with Gasteiger partial charge in [0.2, 0.25) is 5.91 Å². The molecule has 2 aromatic carbocycles. The third-order valence-corrected chi connectivity index (χ3v) is 7.54. The molecule has 0 radical (unpaired) electrons. The normalized spacial score (nSPS) is 21.0. The first-order valence-electron chi connectivity index (χ1n) is 13.2. The van der Waals surface area contributed by atoms with E-state index < -0.39 is 6.36 Å². The fourth-order valence-electron chi connectivity index (χ4n) is 5.66. The van der Waals surface area contributed by atoms with Crippen LogP contribution in [0.4, 0.5) is 13.2 Å². The van der Waals surface area contributed by atoms with Gasteiger partial charge in [-0.3, -0.25) is 9.69 Å². The van der Waals surface area contributed by atoms with Gasteiger partial charge in [-0.25, -0.2) is 0 Å². The lowest BCUT2D eigenvalue weighted by atomic mass is 9.82. The molecule has 0 aliphatic carbocycles. The fraction of sp³-hybridized carbons (Fsp3) is 0.552. The highest BCUT2D eigenvalue weighted by Crippen LogP contribution is 2.37. The van der Waals surface area contributed by atoms with E-state index in [-0.39, 0.29) is 29.2 Å². The van der Waals surface area contributed by atoms with E-state index in [2.05, 4.69) is 40.6 Å². The van der Waals surface area contributed by atoms with E-state index in [1.54, 1.807) is 6.07 Å². The molecule has 8 heteroatoms. The number of hydrogen-bond donors (Lipinski definition) is 1. The standard InChI is InChI=1S/C29H38F3N3O2/c1-28(2,3)25-20-34(16-17-35(25)26(36)18-21-12-14-33-15-13-21)27(22-8-5-4-6-9-22)23-10-7-11-24(19-23)37-29(30,31)32/h4-11,19,21,25,27,33H,12-18,20H2,1-3H3/t25-,27?/m1/s1. The largest absolute Gasteiger partial charge is 0.573 e. The molecule has 2 heterocycles. The maximum atomic E-state index is 13.5. The second-order valence-electron chi connectivity index (χ2n) is 11.3. The molecule has 202 valence electrons. The van der Waals surface area contributed by atoms with Crippen molar-refractivity contribution in [2.75, 3.05) is 32.7 Å². The van der Waals surface area contributed by atoms with Crippen molar-refractivity contribution in [1.29, 1.82) is 0 Å². The van der Waals surface area contributed by atoms with E-state index in [9.17, 15) is 18.0 Å². The van der Waals surface area contributed by atoms with Crippen molar-refractivity contribution in [3.63, 3.8) is 0 Å². The average Bonchev–Trinajstić information content (AvgIpc) is 2.84. The third kappa shape index (κ3) is 7.26. The second-order valence-corrected chi connectivity index (χ2v) is 11.3. The van der Waals surface area contributed by atoms with Crippen LogP contribution < -0.4 is 10.1 Å². The molecule has 0 aromatic heterocycles. The van der Waals surface area contributed by atoms with Gasteiger partial charge in [0.1, 0.15) is 5.75 Å². The number of rotatable bonds is 6. The summed E-state index contributed by atoms with van der Waals surface area (Å²) in [6.07, 6.45) is -2.12. The lowest BCUT2D eigenvalue weighted by Gasteiger charge is -2.49. The highest BCUT2D eigenvalue weighted by Gasteiger charge is 2.41. The van der Waals surface area contributed by atoms with Gasteiger partial charge in [0.05, 0.1) is 6.04 Å². The van der Waals surface area contributed by atoms with Crippen LogP contribution in [0.2, 0.25) is 0 Å². The van der Waals surface area contributed by atoms with Gasteiger partial charge in [0, 0.05) is 32.1 Å². The van der Waals surface area contributed by atoms with Crippen molar-refractivity contribution < 1.29 is 22.7 Å². The fourth-order valence-corrected chi connectivity index (χ4v) is 5.66. The summed E-state index contributed by atoms with van der Waals surface area (Å²) in [4.78, 5) is 17.8. The number of hydrogen-bond acceptors (Lipinski definition) is 4. The predicted molar refractivity (Wildman–Crippen MR) is 138 cm³/mol. The summed E-state index contributed by atoms with van der Waals surface area (Å²) in [6.45, 7) is 10.2. The zero-order valence-electron chi connectivity index (χ0n) is 21.9. The first kappa shape index (κ1) is 27.5. The third-order valence-electron chi connectivity index (χ3n) is 7.54. The summed E-state index contributed by atoms with van der Waals surface area (Å²) in [5, 5.41) is 3.36. The summed E-state index contributed by atoms with van der Waals surface area (Å²) in [6, 6.07) is 15.8. The number of benzene rings is 2. The monoisotopic (exact) mass is 517 g/mol. The quantitative estimate of drug-likeness (QED) is 0.540. The summed E-state index contributed by atoms with van der Waals surface area (Å²) in [7, 11) is 0. The number of nitrogens with one attached hydrogen (secondary N) is 1. The van der Waals surface area contributed by atoms with E-state index in [1.807, 2.05) is 36.4 Å². The van der Waals surface area contributed by atoms with Gasteiger partial charge in [0.25, 0.3) is 0 Å². The Balaban J connectivity index is 1.61. The van der Waals surface area contributed by atoms with E-state index in [0.717, 1.165) is 37.1 Å². The Hall–Kier alpha value is -2.58. The number of alkyl halides is 3. The van der Waals surface area contributed by atoms with Crippen molar-refractivity contribution >= 4 is 5.91 Å². The molecule has 1 unspecified atom stereocenters. The van der Waals surface area contributed by atoms with Gasteiger partial charge in [-0.1, -0.05) is 63.2 Å². The zero-order chi connectivity index (χ0) is 26.6. The van der Waals surface area contributed by atoms with Crippen molar-refractivity contribution in [3.05, 3.63) is 65.7 Å². The Morgan fingerprint density at radius 2 is 1.68 bits per heavy atom. The van der Waals surface area contributed by atoms with Crippen LogP contribution in [-0.2, 0) is 4.79 Å². The zero-order valence-corrected chi connectivity index (χ0v) is 21.9. The number of piperidine rings is 1. The minimum atomic E-state index is -4.75. The van der Waals surface area contributed by atoms with Gasteiger partial charge in [-0.2, -0.15) is 0 Å². The van der Waals surface area contributed by atoms with Gasteiger partial charge in [0.15, 0.2) is 0 Å². The number of carbonyl (C=O) groups excluding carboxylic acids is 1. The molecule has 2 atom stereocenters. The van der Waals surface area contributed by atoms with E-state index >= 15 is 0 Å². The highest BCUT2D eigenvalue weighted by atomic mass is 19.4. The van der Waals surface area contributed by atoms with Crippen LogP contribution in [0.15, 0.2) is 54.6 Å². The molecule has 37 heavy (non-hydrogen) atoms. The Morgan fingerprint density at radius 1 is 1.00 bits per heavy atom. The predicted octanol–water partition coefficient (Wildman–Crippen LogP) is 5.62. The van der Waals surface area contributed by atoms with Crippen LogP contribution in [0.3, 0.4) is 0 Å². The molecule has 0 saturated carbocycles. The Labute approximate surface area is 218 Å². The number of halogens is 3. The summed E-state index contributed by atoms with van der Waals surface area (Å²) >= 11 is 0. The SMILES string of the molecule is CC(C)(C)[C@H]1CN(C(c2ccccc2)c2cccc(OC(F)(F)F)c2)CCN1C(=O)CC1CCNCC1. The minimum Gasteiger partial charge on any atom is -0.406 e. The molecule has 5 nitrogen and oxygen atoms in total. The molecular weight excluding hydrogens is 479 g/mol. The van der Waals surface area contributed by atoms with Crippen LogP contribution in [0.25, 0.3) is 0 Å². The van der Waals surface area contributed by atoms with Crippen molar-refractivity contribution in [3.8, 4) is 5.75 Å². The molecule has 2 aromatic rings. The lowest BCUT2D eigenvalue weighted by Crippen LogP contribution is -2.60. The van der Waals surface area contributed by atoms with Crippen molar-refractivity contribution in [2.24, 2.45) is 11.3 Å². The van der Waals surface area contributed by atoms with E-state index in [1.165, 1.54) is 12.1 Å². The van der Waals surface area contributed by atoms with Gasteiger partial charge in [-0.15, -0.1) is 13.2 Å². The molecule has 2 aliphatic rings. The summed E-state index contributed by atoms with van der Waals surface area (Å²) in [5.41, 5.74) is 1.56. The number of ether oxygens (including phenoxy) is 1. The summed E-state index contributed by atoms with van der Waals surface area (Å²) in [5.74, 6) is 0.401. The molecule has 1 amide bonds. The van der Waals surface area contributed by atoms with Crippen LogP contribution in [-0.4, -0.2) is 60.8 Å². The van der Waals surface area contributed by atoms with Gasteiger partial charge >= 0.3 is 6.36 Å². The maximum absolute atomic E-state index is 13.5. The van der Waals surface area contributed by atoms with Crippen LogP contribution in [0.1, 0.15) is 57.2 Å². The van der Waals surface area contributed by atoms with Gasteiger partial charge in [-0.05, 0) is 60.5 Å². The molecule has 2 saturated heterocycles. The molecule has 0 bridgehead atoms. The number of amides is 1. The second kappa shape index (κ2) is 11.4. The average molecular weight is 518 g/mol. The highest BCUT2D eigenvalue weighted by molar-refractivity contribution is 5.77. The molecule has 2 fully saturated rings. The Kier molecular flexibility index (Phi) is 8.49. The molecular formula is C29H38F3N3O2. The molecule has 2 aliphatic heterocycles. The first-order chi connectivity index (χ1) is 17.5. The molecule has 0 spiro atoms. The smallest absolute Gasteiger partial charge is 0.406 e. The van der Waals surface area contributed by atoms with E-state index in [4.69, 9.17) is 0 Å². The summed E-state index contributed by atoms with van der Waals surface area (Å²) < 4.78 is 43.1. The Morgan fingerprint density at radius 3 is 2.32 bits per heavy atom. The molecule has 4 rings (SSSR count). The van der Waals surface area contributed by atoms with Crippen LogP contribution >= 0.6 is 0 Å². The van der Waals surface area contributed by atoms with Crippen molar-refractivity contribution in [1.82, 2.24) is 15.1 Å². The van der Waals surface area contributed by atoms with E-state index in [0.29, 0.717) is 32.0 Å². The van der Waals surface area contributed by atoms with Gasteiger partial charge < -0.3 is 15.0 Å². The molecule has 1 N–H and O–H groups in total. The lowest BCUT2D eigenvalue weighted by molar-refractivity contribution is -0.274.